The molecule has 7 nitrogen and oxygen atoms in total. The fourth-order valence-corrected chi connectivity index (χ4v) is 3.47. The van der Waals surface area contributed by atoms with Crippen LogP contribution >= 0.6 is 11.8 Å². The van der Waals surface area contributed by atoms with Crippen LogP contribution in [0.25, 0.3) is 0 Å². The lowest BCUT2D eigenvalue weighted by atomic mass is 9.83. The van der Waals surface area contributed by atoms with Crippen LogP contribution in [-0.2, 0) is 14.4 Å². The molecule has 2 heterocycles. The van der Waals surface area contributed by atoms with Gasteiger partial charge in [0.05, 0.1) is 18.1 Å². The Labute approximate surface area is 125 Å². The van der Waals surface area contributed by atoms with Crippen LogP contribution in [-0.4, -0.2) is 45.0 Å². The number of thioether (sulfide) groups is 1. The fraction of sp³-hybridized carbons (Fsp3) is 0.462. The zero-order valence-corrected chi connectivity index (χ0v) is 12.4. The first-order chi connectivity index (χ1) is 9.84. The molecule has 8 heteroatoms. The van der Waals surface area contributed by atoms with Crippen molar-refractivity contribution in [3.8, 4) is 0 Å². The molecular weight excluding hydrogens is 296 g/mol. The number of nitrogens with zero attached hydrogens (tertiary/aromatic N) is 1. The molecule has 0 spiro atoms. The molecule has 1 fully saturated rings. The number of fused-ring (bicyclic) bond motifs is 1. The van der Waals surface area contributed by atoms with Gasteiger partial charge in [-0.15, -0.1) is 0 Å². The summed E-state index contributed by atoms with van der Waals surface area (Å²) in [6, 6.07) is -0.291. The predicted molar refractivity (Wildman–Crippen MR) is 75.6 cm³/mol. The van der Waals surface area contributed by atoms with Crippen molar-refractivity contribution in [1.29, 1.82) is 0 Å². The fourth-order valence-electron chi connectivity index (χ4n) is 2.60. The van der Waals surface area contributed by atoms with Crippen LogP contribution in [0.5, 0.6) is 0 Å². The average molecular weight is 312 g/mol. The summed E-state index contributed by atoms with van der Waals surface area (Å²) in [5, 5.41) is 22.9. The number of hydrogen-bond donors (Lipinski definition) is 3. The first-order valence-electron chi connectivity index (χ1n) is 6.41. The quantitative estimate of drug-likeness (QED) is 0.628. The summed E-state index contributed by atoms with van der Waals surface area (Å²) >= 11 is 1.15. The van der Waals surface area contributed by atoms with Crippen molar-refractivity contribution in [3.05, 3.63) is 22.2 Å². The molecule has 114 valence electrons. The van der Waals surface area contributed by atoms with E-state index in [4.69, 9.17) is 0 Å². The van der Waals surface area contributed by atoms with Crippen LogP contribution in [0.4, 0.5) is 0 Å². The van der Waals surface area contributed by atoms with Crippen LogP contribution in [0.15, 0.2) is 22.2 Å². The molecule has 2 amide bonds. The van der Waals surface area contributed by atoms with Gasteiger partial charge in [-0.25, -0.2) is 4.79 Å². The second-order valence-corrected chi connectivity index (χ2v) is 5.94. The lowest BCUT2D eigenvalue weighted by Gasteiger charge is -2.44. The van der Waals surface area contributed by atoms with E-state index in [1.807, 2.05) is 0 Å². The molecule has 21 heavy (non-hydrogen) atoms. The number of carbonyl (C=O) groups is 3. The molecule has 0 bridgehead atoms. The maximum atomic E-state index is 11.9. The number of β-lactam (4-membered cyclic amide) rings is 1. The van der Waals surface area contributed by atoms with Crippen molar-refractivity contribution >= 4 is 29.5 Å². The normalized spacial score (nSPS) is 25.9. The van der Waals surface area contributed by atoms with E-state index in [0.29, 0.717) is 11.3 Å². The third-order valence-electron chi connectivity index (χ3n) is 3.46. The number of amides is 2. The Kier molecular flexibility index (Phi) is 4.38. The van der Waals surface area contributed by atoms with E-state index in [2.05, 4.69) is 5.32 Å². The third kappa shape index (κ3) is 2.81. The highest BCUT2D eigenvalue weighted by Gasteiger charge is 2.56. The minimum absolute atomic E-state index is 0.0284. The summed E-state index contributed by atoms with van der Waals surface area (Å²) in [6.07, 6.45) is 1.02. The van der Waals surface area contributed by atoms with Crippen molar-refractivity contribution in [2.45, 2.75) is 32.4 Å². The van der Waals surface area contributed by atoms with Crippen molar-refractivity contribution < 1.29 is 24.6 Å². The molecule has 0 aromatic rings. The smallest absolute Gasteiger partial charge is 0.353 e. The second-order valence-electron chi connectivity index (χ2n) is 4.94. The third-order valence-corrected chi connectivity index (χ3v) is 4.37. The van der Waals surface area contributed by atoms with Gasteiger partial charge in [-0.05, 0) is 12.3 Å². The highest BCUT2D eigenvalue weighted by Crippen LogP contribution is 2.47. The molecule has 0 radical (unpaired) electrons. The van der Waals surface area contributed by atoms with Gasteiger partial charge in [0.1, 0.15) is 5.70 Å². The molecule has 2 aliphatic heterocycles. The summed E-state index contributed by atoms with van der Waals surface area (Å²) in [6.45, 7) is 2.90. The van der Waals surface area contributed by atoms with E-state index < -0.39 is 18.0 Å². The highest BCUT2D eigenvalue weighted by molar-refractivity contribution is 8.05. The molecule has 0 aliphatic carbocycles. The Morgan fingerprint density at radius 2 is 2.19 bits per heavy atom. The summed E-state index contributed by atoms with van der Waals surface area (Å²) in [7, 11) is 0. The molecule has 2 unspecified atom stereocenters. The monoisotopic (exact) mass is 312 g/mol. The first-order valence-corrected chi connectivity index (χ1v) is 7.29. The van der Waals surface area contributed by atoms with E-state index in [1.54, 1.807) is 5.41 Å². The Morgan fingerprint density at radius 1 is 1.52 bits per heavy atom. The summed E-state index contributed by atoms with van der Waals surface area (Å²) < 4.78 is 0. The molecule has 1 saturated heterocycles. The largest absolute Gasteiger partial charge is 0.477 e. The lowest BCUT2D eigenvalue weighted by Crippen LogP contribution is -2.61. The molecule has 3 atom stereocenters. The SMILES string of the molecule is CC(=O)NC=CSC1=C(C(=O)O)N2C(=O)C([C@@H](C)O)C2C1. The summed E-state index contributed by atoms with van der Waals surface area (Å²) in [4.78, 5) is 35.8. The Hall–Kier alpha value is -1.80. The molecular formula is C13H16N2O5S. The number of nitrogens with one attached hydrogen (secondary N) is 1. The number of aliphatic hydroxyl groups excluding tert-OH is 1. The summed E-state index contributed by atoms with van der Waals surface area (Å²) in [5.41, 5.74) is -0.0284. The first kappa shape index (κ1) is 15.6. The predicted octanol–water partition coefficient (Wildman–Crippen LogP) is 0.235. The maximum absolute atomic E-state index is 11.9. The maximum Gasteiger partial charge on any atom is 0.353 e. The van der Waals surface area contributed by atoms with Crippen LogP contribution in [0.3, 0.4) is 0 Å². The van der Waals surface area contributed by atoms with Crippen molar-refractivity contribution in [1.82, 2.24) is 10.2 Å². The van der Waals surface area contributed by atoms with Gasteiger partial charge in [0.2, 0.25) is 11.8 Å². The van der Waals surface area contributed by atoms with Gasteiger partial charge in [-0.2, -0.15) is 0 Å². The Balaban J connectivity index is 2.13. The Morgan fingerprint density at radius 3 is 2.71 bits per heavy atom. The zero-order chi connectivity index (χ0) is 15.7. The zero-order valence-electron chi connectivity index (χ0n) is 11.6. The van der Waals surface area contributed by atoms with Crippen molar-refractivity contribution in [2.24, 2.45) is 5.92 Å². The lowest BCUT2D eigenvalue weighted by molar-refractivity contribution is -0.161. The number of carbonyl (C=O) groups excluding carboxylic acids is 2. The van der Waals surface area contributed by atoms with Gasteiger partial charge in [-0.3, -0.25) is 9.59 Å². The number of aliphatic hydroxyl groups is 1. The van der Waals surface area contributed by atoms with E-state index in [9.17, 15) is 24.6 Å². The molecule has 0 aromatic heterocycles. The van der Waals surface area contributed by atoms with E-state index >= 15 is 0 Å². The van der Waals surface area contributed by atoms with Crippen LogP contribution in [0, 0.1) is 5.92 Å². The summed E-state index contributed by atoms with van der Waals surface area (Å²) in [5.74, 6) is -2.28. The molecule has 2 aliphatic rings. The van der Waals surface area contributed by atoms with Crippen molar-refractivity contribution in [3.63, 3.8) is 0 Å². The Bertz CT molecular complexity index is 555. The van der Waals surface area contributed by atoms with Crippen LogP contribution in [0.2, 0.25) is 0 Å². The number of carboxylic acids is 1. The molecule has 0 saturated carbocycles. The minimum atomic E-state index is -1.16. The second kappa shape index (κ2) is 5.90. The van der Waals surface area contributed by atoms with Gasteiger partial charge in [-0.1, -0.05) is 11.8 Å². The van der Waals surface area contributed by atoms with Gasteiger partial charge < -0.3 is 20.4 Å². The van der Waals surface area contributed by atoms with Gasteiger partial charge in [0, 0.05) is 24.4 Å². The van der Waals surface area contributed by atoms with Crippen LogP contribution in [0.1, 0.15) is 20.3 Å². The molecule has 0 aromatic carbocycles. The topological polar surface area (TPSA) is 107 Å². The van der Waals surface area contributed by atoms with Crippen LogP contribution < -0.4 is 5.32 Å². The minimum Gasteiger partial charge on any atom is -0.477 e. The van der Waals surface area contributed by atoms with Gasteiger partial charge in [0.25, 0.3) is 0 Å². The number of hydrogen-bond acceptors (Lipinski definition) is 5. The number of rotatable bonds is 5. The van der Waals surface area contributed by atoms with Gasteiger partial charge in [0.15, 0.2) is 0 Å². The highest BCUT2D eigenvalue weighted by atomic mass is 32.2. The molecule has 3 N–H and O–H groups in total. The standard InChI is InChI=1S/C13H16N2O5S/c1-6(16)10-8-5-9(21-4-3-14-7(2)17)11(13(19)20)15(8)12(10)18/h3-4,6,8,10,16H,5H2,1-2H3,(H,14,17)(H,19,20)/t6-,8?,10?/m1/s1. The van der Waals surface area contributed by atoms with E-state index in [-0.39, 0.29) is 23.6 Å². The van der Waals surface area contributed by atoms with E-state index in [1.165, 1.54) is 24.9 Å². The van der Waals surface area contributed by atoms with E-state index in [0.717, 1.165) is 11.8 Å². The number of aliphatic carboxylic acids is 1. The van der Waals surface area contributed by atoms with Gasteiger partial charge >= 0.3 is 5.97 Å². The number of carboxylic acid groups (broad SMARTS) is 1. The molecule has 2 rings (SSSR count). The van der Waals surface area contributed by atoms with Crippen molar-refractivity contribution in [2.75, 3.05) is 0 Å². The average Bonchev–Trinajstić information content (AvgIpc) is 2.68.